The van der Waals surface area contributed by atoms with Crippen LogP contribution in [-0.4, -0.2) is 24.1 Å². The lowest BCUT2D eigenvalue weighted by Gasteiger charge is -2.27. The number of nitrogens with zero attached hydrogens (tertiary/aromatic N) is 2. The second-order valence-electron chi connectivity index (χ2n) is 4.45. The van der Waals surface area contributed by atoms with Crippen molar-refractivity contribution in [2.24, 2.45) is 0 Å². The third kappa shape index (κ3) is 2.06. The van der Waals surface area contributed by atoms with Crippen molar-refractivity contribution in [3.63, 3.8) is 0 Å². The van der Waals surface area contributed by atoms with E-state index in [1.807, 2.05) is 6.20 Å². The number of aromatic nitrogens is 1. The van der Waals surface area contributed by atoms with Gasteiger partial charge in [-0.1, -0.05) is 0 Å². The molecule has 1 N–H and O–H groups in total. The van der Waals surface area contributed by atoms with Crippen molar-refractivity contribution in [3.8, 4) is 0 Å². The molecular weight excluding hydrogens is 186 g/mol. The lowest BCUT2D eigenvalue weighted by atomic mass is 10.2. The first-order valence-corrected chi connectivity index (χ1v) is 5.65. The van der Waals surface area contributed by atoms with E-state index >= 15 is 0 Å². The van der Waals surface area contributed by atoms with Crippen molar-refractivity contribution in [2.45, 2.75) is 33.2 Å². The molecule has 3 nitrogen and oxygen atoms in total. The summed E-state index contributed by atoms with van der Waals surface area (Å²) in [5.41, 5.74) is 2.40. The van der Waals surface area contributed by atoms with Crippen LogP contribution in [0.3, 0.4) is 0 Å². The van der Waals surface area contributed by atoms with Crippen LogP contribution >= 0.6 is 0 Å². The fraction of sp³-hybridized carbons (Fsp3) is 0.583. The summed E-state index contributed by atoms with van der Waals surface area (Å²) in [5.74, 6) is 1.10. The second kappa shape index (κ2) is 4.09. The summed E-state index contributed by atoms with van der Waals surface area (Å²) in [6.45, 7) is 8.65. The summed E-state index contributed by atoms with van der Waals surface area (Å²) in [4.78, 5) is 6.91. The largest absolute Gasteiger partial charge is 0.382 e. The molecule has 0 aromatic carbocycles. The smallest absolute Gasteiger partial charge is 0.152 e. The van der Waals surface area contributed by atoms with Gasteiger partial charge in [-0.25, -0.2) is 4.98 Å². The molecule has 2 rings (SSSR count). The number of rotatable bonds is 1. The normalized spacial score (nSPS) is 15.9. The van der Waals surface area contributed by atoms with E-state index in [0.29, 0.717) is 6.04 Å². The molecule has 0 atom stereocenters. The molecular formula is C12H19N3. The summed E-state index contributed by atoms with van der Waals surface area (Å²) in [6.07, 6.45) is 3.12. The first-order valence-electron chi connectivity index (χ1n) is 5.65. The molecule has 0 unspecified atom stereocenters. The van der Waals surface area contributed by atoms with E-state index in [2.05, 4.69) is 42.0 Å². The van der Waals surface area contributed by atoms with E-state index in [1.54, 1.807) is 0 Å². The molecule has 2 heterocycles. The first-order chi connectivity index (χ1) is 7.18. The standard InChI is InChI=1S/C12H19N3/c1-9(2)15-6-4-5-13-11-7-10(3)8-14-12(11)15/h7-9,13H,4-6H2,1-3H3. The molecule has 15 heavy (non-hydrogen) atoms. The zero-order valence-corrected chi connectivity index (χ0v) is 9.75. The topological polar surface area (TPSA) is 28.2 Å². The van der Waals surface area contributed by atoms with E-state index in [9.17, 15) is 0 Å². The summed E-state index contributed by atoms with van der Waals surface area (Å²) in [7, 11) is 0. The van der Waals surface area contributed by atoms with Gasteiger partial charge < -0.3 is 10.2 Å². The van der Waals surface area contributed by atoms with E-state index in [0.717, 1.165) is 18.9 Å². The van der Waals surface area contributed by atoms with Gasteiger partial charge in [0.25, 0.3) is 0 Å². The van der Waals surface area contributed by atoms with Crippen LogP contribution in [0.25, 0.3) is 0 Å². The van der Waals surface area contributed by atoms with E-state index in [-0.39, 0.29) is 0 Å². The maximum absolute atomic E-state index is 4.54. The van der Waals surface area contributed by atoms with Crippen LogP contribution in [0.1, 0.15) is 25.8 Å². The molecule has 0 saturated carbocycles. The summed E-state index contributed by atoms with van der Waals surface area (Å²) < 4.78 is 0. The Balaban J connectivity index is 2.40. The van der Waals surface area contributed by atoms with Crippen LogP contribution in [0.15, 0.2) is 12.3 Å². The second-order valence-corrected chi connectivity index (χ2v) is 4.45. The van der Waals surface area contributed by atoms with Crippen LogP contribution in [0, 0.1) is 6.92 Å². The fourth-order valence-electron chi connectivity index (χ4n) is 2.00. The molecule has 0 radical (unpaired) electrons. The van der Waals surface area contributed by atoms with Gasteiger partial charge in [-0.05, 0) is 38.8 Å². The van der Waals surface area contributed by atoms with E-state index in [1.165, 1.54) is 17.7 Å². The van der Waals surface area contributed by atoms with Gasteiger partial charge in [0.05, 0.1) is 5.69 Å². The number of hydrogen-bond donors (Lipinski definition) is 1. The predicted molar refractivity (Wildman–Crippen MR) is 64.6 cm³/mol. The Labute approximate surface area is 91.5 Å². The molecule has 0 saturated heterocycles. The van der Waals surface area contributed by atoms with Gasteiger partial charge >= 0.3 is 0 Å². The quantitative estimate of drug-likeness (QED) is 0.763. The minimum absolute atomic E-state index is 0.513. The van der Waals surface area contributed by atoms with Crippen LogP contribution in [0.2, 0.25) is 0 Å². The third-order valence-electron chi connectivity index (χ3n) is 2.79. The molecule has 82 valence electrons. The Morgan fingerprint density at radius 1 is 1.47 bits per heavy atom. The highest BCUT2D eigenvalue weighted by Crippen LogP contribution is 2.27. The van der Waals surface area contributed by atoms with Crippen LogP contribution in [0.4, 0.5) is 11.5 Å². The van der Waals surface area contributed by atoms with Crippen LogP contribution in [0.5, 0.6) is 0 Å². The van der Waals surface area contributed by atoms with Crippen LogP contribution in [-0.2, 0) is 0 Å². The number of nitrogens with one attached hydrogen (secondary N) is 1. The molecule has 1 aromatic heterocycles. The third-order valence-corrected chi connectivity index (χ3v) is 2.79. The lowest BCUT2D eigenvalue weighted by Crippen LogP contribution is -2.31. The Morgan fingerprint density at radius 3 is 3.00 bits per heavy atom. The van der Waals surface area contributed by atoms with E-state index < -0.39 is 0 Å². The first kappa shape index (κ1) is 10.3. The molecule has 0 fully saturated rings. The highest BCUT2D eigenvalue weighted by atomic mass is 15.2. The number of fused-ring (bicyclic) bond motifs is 1. The fourth-order valence-corrected chi connectivity index (χ4v) is 2.00. The van der Waals surface area contributed by atoms with Crippen molar-refractivity contribution >= 4 is 11.5 Å². The van der Waals surface area contributed by atoms with Crippen molar-refractivity contribution in [2.75, 3.05) is 23.3 Å². The molecule has 1 aliphatic rings. The number of anilines is 2. The van der Waals surface area contributed by atoms with Crippen LogP contribution < -0.4 is 10.2 Å². The monoisotopic (exact) mass is 205 g/mol. The SMILES string of the molecule is Cc1cnc2c(c1)NCCCN2C(C)C. The minimum Gasteiger partial charge on any atom is -0.382 e. The Kier molecular flexibility index (Phi) is 2.80. The van der Waals surface area contributed by atoms with Gasteiger partial charge in [-0.2, -0.15) is 0 Å². The van der Waals surface area contributed by atoms with E-state index in [4.69, 9.17) is 0 Å². The Hall–Kier alpha value is -1.25. The average Bonchev–Trinajstić information content (AvgIpc) is 2.38. The molecule has 0 aliphatic carbocycles. The zero-order chi connectivity index (χ0) is 10.8. The predicted octanol–water partition coefficient (Wildman–Crippen LogP) is 2.42. The maximum atomic E-state index is 4.54. The molecule has 1 aromatic rings. The molecule has 0 bridgehead atoms. The van der Waals surface area contributed by atoms with Crippen molar-refractivity contribution in [1.29, 1.82) is 0 Å². The number of pyridine rings is 1. The Bertz CT molecular complexity index is 347. The summed E-state index contributed by atoms with van der Waals surface area (Å²) in [5, 5.41) is 3.45. The van der Waals surface area contributed by atoms with Crippen molar-refractivity contribution < 1.29 is 0 Å². The van der Waals surface area contributed by atoms with Gasteiger partial charge in [-0.15, -0.1) is 0 Å². The van der Waals surface area contributed by atoms with Gasteiger partial charge in [0.2, 0.25) is 0 Å². The minimum atomic E-state index is 0.513. The Morgan fingerprint density at radius 2 is 2.27 bits per heavy atom. The van der Waals surface area contributed by atoms with Crippen molar-refractivity contribution in [3.05, 3.63) is 17.8 Å². The molecule has 1 aliphatic heterocycles. The van der Waals surface area contributed by atoms with Gasteiger partial charge in [0, 0.05) is 25.3 Å². The molecule has 0 spiro atoms. The highest BCUT2D eigenvalue weighted by molar-refractivity contribution is 5.67. The number of hydrogen-bond acceptors (Lipinski definition) is 3. The van der Waals surface area contributed by atoms with Crippen molar-refractivity contribution in [1.82, 2.24) is 4.98 Å². The molecule has 3 heteroatoms. The molecule has 0 amide bonds. The van der Waals surface area contributed by atoms with Gasteiger partial charge in [-0.3, -0.25) is 0 Å². The van der Waals surface area contributed by atoms with Gasteiger partial charge in [0.1, 0.15) is 0 Å². The lowest BCUT2D eigenvalue weighted by molar-refractivity contribution is 0.665. The maximum Gasteiger partial charge on any atom is 0.152 e. The zero-order valence-electron chi connectivity index (χ0n) is 9.75. The average molecular weight is 205 g/mol. The summed E-state index contributed by atoms with van der Waals surface area (Å²) in [6, 6.07) is 2.70. The summed E-state index contributed by atoms with van der Waals surface area (Å²) >= 11 is 0. The number of aryl methyl sites for hydroxylation is 1. The van der Waals surface area contributed by atoms with Gasteiger partial charge in [0.15, 0.2) is 5.82 Å². The highest BCUT2D eigenvalue weighted by Gasteiger charge is 2.18.